The van der Waals surface area contributed by atoms with Gasteiger partial charge in [-0.1, -0.05) is 52.5 Å². The maximum atomic E-state index is 13.1. The van der Waals surface area contributed by atoms with E-state index in [1.54, 1.807) is 24.3 Å². The van der Waals surface area contributed by atoms with Gasteiger partial charge in [0.1, 0.15) is 5.69 Å². The Balaban J connectivity index is 1.97. The highest BCUT2D eigenvalue weighted by Crippen LogP contribution is 2.41. The van der Waals surface area contributed by atoms with Crippen molar-refractivity contribution in [1.82, 2.24) is 10.3 Å². The van der Waals surface area contributed by atoms with Crippen molar-refractivity contribution in [3.63, 3.8) is 0 Å². The summed E-state index contributed by atoms with van der Waals surface area (Å²) in [6.45, 7) is 0. The molecule has 1 unspecified atom stereocenters. The molecule has 1 fully saturated rings. The van der Waals surface area contributed by atoms with Gasteiger partial charge in [-0.25, -0.2) is 4.98 Å². The molecular weight excluding hydrogens is 461 g/mol. The number of benzene rings is 1. The highest BCUT2D eigenvalue weighted by Gasteiger charge is 2.42. The lowest BCUT2D eigenvalue weighted by Gasteiger charge is -2.34. The first kappa shape index (κ1) is 21.1. The van der Waals surface area contributed by atoms with Crippen LogP contribution in [0, 0.1) is 0 Å². The number of nitrogens with one attached hydrogen (secondary N) is 1. The number of pyridine rings is 1. The Kier molecular flexibility index (Phi) is 6.03. The summed E-state index contributed by atoms with van der Waals surface area (Å²) in [4.78, 5) is 16.5. The number of amides is 1. The minimum Gasteiger partial charge on any atom is -0.387 e. The number of carbonyl (C=O) groups is 1. The maximum Gasteiger partial charge on any atom is 0.417 e. The van der Waals surface area contributed by atoms with E-state index in [9.17, 15) is 23.1 Å². The summed E-state index contributed by atoms with van der Waals surface area (Å²) in [6.07, 6.45) is -1.30. The van der Waals surface area contributed by atoms with Crippen LogP contribution in [0.25, 0.3) is 0 Å². The van der Waals surface area contributed by atoms with Gasteiger partial charge in [0.25, 0.3) is 5.91 Å². The van der Waals surface area contributed by atoms with Crippen LogP contribution in [0.1, 0.15) is 53.3 Å². The van der Waals surface area contributed by atoms with E-state index < -0.39 is 40.0 Å². The summed E-state index contributed by atoms with van der Waals surface area (Å²) in [6, 6.07) is 6.95. The highest BCUT2D eigenvalue weighted by molar-refractivity contribution is 9.10. The number of carbonyl (C=O) groups excluding carboxylic acids is 1. The van der Waals surface area contributed by atoms with Crippen LogP contribution >= 0.6 is 27.5 Å². The second-order valence-electron chi connectivity index (χ2n) is 6.79. The number of aromatic nitrogens is 1. The van der Waals surface area contributed by atoms with E-state index in [1.165, 1.54) is 0 Å². The largest absolute Gasteiger partial charge is 0.417 e. The molecule has 28 heavy (non-hydrogen) atoms. The van der Waals surface area contributed by atoms with E-state index >= 15 is 0 Å². The molecule has 9 heteroatoms. The molecule has 3 rings (SSSR count). The number of nitrogens with zero attached hydrogens (tertiary/aromatic N) is 1. The quantitative estimate of drug-likeness (QED) is 0.629. The minimum atomic E-state index is -4.71. The summed E-state index contributed by atoms with van der Waals surface area (Å²) >= 11 is 9.18. The molecule has 4 nitrogen and oxygen atoms in total. The van der Waals surface area contributed by atoms with Gasteiger partial charge in [0, 0.05) is 10.7 Å². The van der Waals surface area contributed by atoms with Crippen molar-refractivity contribution in [3.8, 4) is 0 Å². The van der Waals surface area contributed by atoms with Crippen LogP contribution < -0.4 is 5.32 Å². The fourth-order valence-corrected chi connectivity index (χ4v) is 4.23. The summed E-state index contributed by atoms with van der Waals surface area (Å²) < 4.78 is 40.0. The molecule has 1 amide bonds. The number of alkyl halides is 3. The number of hydrogen-bond acceptors (Lipinski definition) is 3. The third kappa shape index (κ3) is 4.34. The smallest absolute Gasteiger partial charge is 0.387 e. The zero-order valence-corrected chi connectivity index (χ0v) is 16.9. The van der Waals surface area contributed by atoms with Gasteiger partial charge in [-0.05, 0) is 36.6 Å². The summed E-state index contributed by atoms with van der Waals surface area (Å²) in [5.41, 5.74) is -2.23. The van der Waals surface area contributed by atoms with E-state index in [4.69, 9.17) is 11.6 Å². The van der Waals surface area contributed by atoms with E-state index in [-0.39, 0.29) is 0 Å². The fraction of sp³-hybridized carbons (Fsp3) is 0.368. The molecule has 0 spiro atoms. The molecular formula is C19H17BrClF3N2O2. The Morgan fingerprint density at radius 2 is 1.96 bits per heavy atom. The van der Waals surface area contributed by atoms with Crippen LogP contribution in [0.4, 0.5) is 13.2 Å². The SMILES string of the molecule is O=C(NC(c1cccc(Br)c1)C1(O)CCCC1)c1nccc(C(F)(F)F)c1Cl. The number of halogens is 5. The molecule has 150 valence electrons. The van der Waals surface area contributed by atoms with Crippen molar-refractivity contribution in [1.29, 1.82) is 0 Å². The third-order valence-corrected chi connectivity index (χ3v) is 5.75. The Labute approximate surface area is 173 Å². The van der Waals surface area contributed by atoms with E-state index in [1.807, 2.05) is 0 Å². The standard InChI is InChI=1S/C19H17BrClF3N2O2/c20-12-5-3-4-11(10-12)16(18(28)7-1-2-8-18)26-17(27)15-14(21)13(6-9-25-15)19(22,23)24/h3-6,9-10,16,28H,1-2,7-8H2,(H,26,27). The van der Waals surface area contributed by atoms with Gasteiger partial charge >= 0.3 is 6.18 Å². The van der Waals surface area contributed by atoms with Crippen molar-refractivity contribution in [2.24, 2.45) is 0 Å². The Morgan fingerprint density at radius 3 is 2.57 bits per heavy atom. The van der Waals surface area contributed by atoms with Crippen molar-refractivity contribution in [3.05, 3.63) is 62.8 Å². The van der Waals surface area contributed by atoms with Gasteiger partial charge in [0.2, 0.25) is 0 Å². The summed E-state index contributed by atoms with van der Waals surface area (Å²) in [7, 11) is 0. The lowest BCUT2D eigenvalue weighted by atomic mass is 9.87. The first-order valence-electron chi connectivity index (χ1n) is 8.62. The second-order valence-corrected chi connectivity index (χ2v) is 8.08. The topological polar surface area (TPSA) is 62.2 Å². The molecule has 1 heterocycles. The van der Waals surface area contributed by atoms with Gasteiger partial charge in [0.05, 0.1) is 22.2 Å². The molecule has 1 aliphatic rings. The maximum absolute atomic E-state index is 13.1. The lowest BCUT2D eigenvalue weighted by Crippen LogP contribution is -2.44. The molecule has 1 atom stereocenters. The van der Waals surface area contributed by atoms with Gasteiger partial charge in [-0.15, -0.1) is 0 Å². The molecule has 2 aromatic rings. The Bertz CT molecular complexity index is 886. The molecule has 1 aromatic heterocycles. The second kappa shape index (κ2) is 8.00. The van der Waals surface area contributed by atoms with Crippen LogP contribution in [0.15, 0.2) is 41.0 Å². The van der Waals surface area contributed by atoms with Crippen molar-refractivity contribution in [2.45, 2.75) is 43.5 Å². The van der Waals surface area contributed by atoms with Crippen LogP contribution in [-0.4, -0.2) is 21.6 Å². The zero-order valence-electron chi connectivity index (χ0n) is 14.6. The highest BCUT2D eigenvalue weighted by atomic mass is 79.9. The molecule has 1 aliphatic carbocycles. The van der Waals surface area contributed by atoms with Crippen LogP contribution in [-0.2, 0) is 6.18 Å². The summed E-state index contributed by atoms with van der Waals surface area (Å²) in [5, 5.41) is 13.0. The number of rotatable bonds is 4. The molecule has 1 saturated carbocycles. The van der Waals surface area contributed by atoms with Gasteiger partial charge in [-0.2, -0.15) is 13.2 Å². The van der Waals surface area contributed by atoms with Crippen LogP contribution in [0.5, 0.6) is 0 Å². The molecule has 0 radical (unpaired) electrons. The molecule has 2 N–H and O–H groups in total. The zero-order chi connectivity index (χ0) is 20.5. The van der Waals surface area contributed by atoms with Crippen molar-refractivity contribution >= 4 is 33.4 Å². The number of aliphatic hydroxyl groups is 1. The van der Waals surface area contributed by atoms with E-state index in [0.29, 0.717) is 18.4 Å². The van der Waals surface area contributed by atoms with Gasteiger partial charge < -0.3 is 10.4 Å². The average molecular weight is 478 g/mol. The van der Waals surface area contributed by atoms with E-state index in [2.05, 4.69) is 26.2 Å². The molecule has 0 bridgehead atoms. The van der Waals surface area contributed by atoms with Gasteiger partial charge in [-0.3, -0.25) is 4.79 Å². The van der Waals surface area contributed by atoms with Crippen molar-refractivity contribution in [2.75, 3.05) is 0 Å². The van der Waals surface area contributed by atoms with Gasteiger partial charge in [0.15, 0.2) is 0 Å². The molecule has 0 aliphatic heterocycles. The fourth-order valence-electron chi connectivity index (χ4n) is 3.51. The monoisotopic (exact) mass is 476 g/mol. The average Bonchev–Trinajstić information content (AvgIpc) is 3.06. The number of hydrogen-bond donors (Lipinski definition) is 2. The minimum absolute atomic E-state index is 0.466. The lowest BCUT2D eigenvalue weighted by molar-refractivity contribution is -0.137. The molecule has 1 aromatic carbocycles. The Hall–Kier alpha value is -1.64. The summed E-state index contributed by atoms with van der Waals surface area (Å²) in [5.74, 6) is -0.874. The van der Waals surface area contributed by atoms with Crippen LogP contribution in [0.3, 0.4) is 0 Å². The predicted molar refractivity (Wildman–Crippen MR) is 102 cm³/mol. The molecule has 0 saturated heterocycles. The first-order chi connectivity index (χ1) is 13.1. The predicted octanol–water partition coefficient (Wildman–Crippen LogP) is 5.29. The normalized spacial score (nSPS) is 17.4. The first-order valence-corrected chi connectivity index (χ1v) is 9.79. The van der Waals surface area contributed by atoms with Crippen molar-refractivity contribution < 1.29 is 23.1 Å². The third-order valence-electron chi connectivity index (χ3n) is 4.87. The van der Waals surface area contributed by atoms with Crippen LogP contribution in [0.2, 0.25) is 5.02 Å². The van der Waals surface area contributed by atoms with E-state index in [0.717, 1.165) is 29.6 Å². The Morgan fingerprint density at radius 1 is 1.29 bits per heavy atom.